The van der Waals surface area contributed by atoms with E-state index in [1.165, 1.54) is 0 Å². The molecule has 3 aromatic carbocycles. The predicted octanol–water partition coefficient (Wildman–Crippen LogP) is 5.19. The van der Waals surface area contributed by atoms with E-state index in [1.807, 2.05) is 58.3 Å². The first kappa shape index (κ1) is 32.8. The normalized spacial score (nSPS) is 19.1. The van der Waals surface area contributed by atoms with Crippen molar-refractivity contribution in [3.05, 3.63) is 106 Å². The summed E-state index contributed by atoms with van der Waals surface area (Å²) in [4.78, 5) is 30.8. The third-order valence-corrected chi connectivity index (χ3v) is 9.33. The van der Waals surface area contributed by atoms with Gasteiger partial charge in [0.2, 0.25) is 11.7 Å². The van der Waals surface area contributed by atoms with E-state index < -0.39 is 23.2 Å². The number of amides is 2. The molecule has 47 heavy (non-hydrogen) atoms. The summed E-state index contributed by atoms with van der Waals surface area (Å²) in [7, 11) is 0. The number of aliphatic hydroxyl groups excluding tert-OH is 1. The summed E-state index contributed by atoms with van der Waals surface area (Å²) in [5, 5.41) is 13.2. The van der Waals surface area contributed by atoms with Crippen molar-refractivity contribution in [1.82, 2.24) is 15.1 Å². The van der Waals surface area contributed by atoms with Crippen molar-refractivity contribution in [3.8, 4) is 5.75 Å². The highest BCUT2D eigenvalue weighted by molar-refractivity contribution is 6.03. The van der Waals surface area contributed by atoms with Gasteiger partial charge in [-0.1, -0.05) is 48.5 Å². The SMILES string of the molecule is CC(=O)N1CC2CC(c3ccc(CCCOc4c(F)ccc(F)c4F)cc3)=C(C(=O)N(Cc3ccccc3CCO)C3CC3)C(C1)N2. The minimum Gasteiger partial charge on any atom is -0.488 e. The summed E-state index contributed by atoms with van der Waals surface area (Å²) < 4.78 is 46.5. The Morgan fingerprint density at radius 1 is 0.957 bits per heavy atom. The van der Waals surface area contributed by atoms with Gasteiger partial charge in [-0.25, -0.2) is 8.78 Å². The van der Waals surface area contributed by atoms with E-state index in [0.29, 0.717) is 50.9 Å². The number of halogens is 3. The molecule has 10 heteroatoms. The molecule has 248 valence electrons. The molecule has 2 unspecified atom stereocenters. The van der Waals surface area contributed by atoms with E-state index in [0.717, 1.165) is 52.8 Å². The smallest absolute Gasteiger partial charge is 0.252 e. The number of benzene rings is 3. The van der Waals surface area contributed by atoms with Crippen LogP contribution in [0.25, 0.3) is 5.57 Å². The zero-order valence-electron chi connectivity index (χ0n) is 26.5. The van der Waals surface area contributed by atoms with Gasteiger partial charge < -0.3 is 25.0 Å². The molecule has 2 aliphatic heterocycles. The maximum atomic E-state index is 14.6. The lowest BCUT2D eigenvalue weighted by molar-refractivity contribution is -0.132. The molecule has 2 fully saturated rings. The standard InChI is InChI=1S/C37H40F3N3O4/c1-23(45)42-21-28-19-30(26-10-8-24(9-11-26)5-4-18-47-36-32(39)15-14-31(38)35(36)40)34(33(22-42)41-28)37(46)43(29-12-13-29)20-27-7-3-2-6-25(27)16-17-44/h2-3,6-11,14-15,28-29,33,41,44H,4-5,12-13,16-22H2,1H3. The van der Waals surface area contributed by atoms with Crippen molar-refractivity contribution >= 4 is 17.4 Å². The van der Waals surface area contributed by atoms with E-state index in [1.54, 1.807) is 6.92 Å². The van der Waals surface area contributed by atoms with Crippen LogP contribution in [-0.4, -0.2) is 71.1 Å². The van der Waals surface area contributed by atoms with E-state index in [2.05, 4.69) is 5.32 Å². The fraction of sp³-hybridized carbons (Fsp3) is 0.405. The van der Waals surface area contributed by atoms with E-state index in [4.69, 9.17) is 4.74 Å². The average Bonchev–Trinajstić information content (AvgIpc) is 3.91. The van der Waals surface area contributed by atoms with Crippen LogP contribution in [0, 0.1) is 17.5 Å². The Morgan fingerprint density at radius 2 is 1.68 bits per heavy atom. The van der Waals surface area contributed by atoms with Crippen LogP contribution in [0.3, 0.4) is 0 Å². The lowest BCUT2D eigenvalue weighted by Gasteiger charge is -2.44. The molecule has 1 saturated carbocycles. The number of carbonyl (C=O) groups excluding carboxylic acids is 2. The Bertz CT molecular complexity index is 1660. The Labute approximate surface area is 273 Å². The number of nitrogens with zero attached hydrogens (tertiary/aromatic N) is 2. The number of piperazine rings is 1. The molecule has 2 bridgehead atoms. The van der Waals surface area contributed by atoms with Crippen molar-refractivity contribution in [2.24, 2.45) is 0 Å². The molecule has 7 nitrogen and oxygen atoms in total. The fourth-order valence-electron chi connectivity index (χ4n) is 6.76. The van der Waals surface area contributed by atoms with E-state index >= 15 is 0 Å². The fourth-order valence-corrected chi connectivity index (χ4v) is 6.76. The van der Waals surface area contributed by atoms with Crippen LogP contribution in [0.2, 0.25) is 0 Å². The van der Waals surface area contributed by atoms with Gasteiger partial charge in [0.15, 0.2) is 17.4 Å². The summed E-state index contributed by atoms with van der Waals surface area (Å²) in [6, 6.07) is 17.3. The first-order valence-corrected chi connectivity index (χ1v) is 16.3. The maximum Gasteiger partial charge on any atom is 0.252 e. The number of aliphatic hydroxyl groups is 1. The number of rotatable bonds is 12. The lowest BCUT2D eigenvalue weighted by Crippen LogP contribution is -2.61. The zero-order chi connectivity index (χ0) is 33.1. The third kappa shape index (κ3) is 7.39. The zero-order valence-corrected chi connectivity index (χ0v) is 26.5. The maximum absolute atomic E-state index is 14.6. The minimum absolute atomic E-state index is 0.00932. The van der Waals surface area contributed by atoms with Crippen LogP contribution in [0.5, 0.6) is 5.75 Å². The van der Waals surface area contributed by atoms with Crippen LogP contribution in [0.15, 0.2) is 66.2 Å². The van der Waals surface area contributed by atoms with Crippen LogP contribution in [-0.2, 0) is 29.0 Å². The number of aryl methyl sites for hydroxylation is 1. The van der Waals surface area contributed by atoms with E-state index in [9.17, 15) is 27.9 Å². The highest BCUT2D eigenvalue weighted by Gasteiger charge is 2.43. The summed E-state index contributed by atoms with van der Waals surface area (Å²) in [6.45, 7) is 3.06. The average molecular weight is 648 g/mol. The molecule has 6 rings (SSSR count). The summed E-state index contributed by atoms with van der Waals surface area (Å²) in [5.74, 6) is -4.18. The first-order valence-electron chi connectivity index (χ1n) is 16.3. The molecule has 2 heterocycles. The van der Waals surface area contributed by atoms with Gasteiger partial charge in [0.25, 0.3) is 5.91 Å². The lowest BCUT2D eigenvalue weighted by atomic mass is 9.82. The predicted molar refractivity (Wildman–Crippen MR) is 172 cm³/mol. The Balaban J connectivity index is 1.24. The highest BCUT2D eigenvalue weighted by Crippen LogP contribution is 2.38. The second kappa shape index (κ2) is 14.3. The van der Waals surface area contributed by atoms with Gasteiger partial charge in [-0.3, -0.25) is 9.59 Å². The van der Waals surface area contributed by atoms with Crippen LogP contribution >= 0.6 is 0 Å². The van der Waals surface area contributed by atoms with Crippen LogP contribution < -0.4 is 10.1 Å². The molecule has 3 aliphatic rings. The molecule has 1 aliphatic carbocycles. The topological polar surface area (TPSA) is 82.1 Å². The van der Waals surface area contributed by atoms with Crippen LogP contribution in [0.4, 0.5) is 13.2 Å². The first-order chi connectivity index (χ1) is 22.7. The molecule has 3 aromatic rings. The second-order valence-electron chi connectivity index (χ2n) is 12.7. The molecular weight excluding hydrogens is 607 g/mol. The monoisotopic (exact) mass is 647 g/mol. The number of hydrogen-bond donors (Lipinski definition) is 2. The van der Waals surface area contributed by atoms with Gasteiger partial charge in [0.05, 0.1) is 12.6 Å². The number of carbonyl (C=O) groups is 2. The molecule has 2 amide bonds. The third-order valence-electron chi connectivity index (χ3n) is 9.33. The van der Waals surface area contributed by atoms with Crippen molar-refractivity contribution in [2.75, 3.05) is 26.3 Å². The number of fused-ring (bicyclic) bond motifs is 2. The molecule has 1 saturated heterocycles. The van der Waals surface area contributed by atoms with Gasteiger partial charge in [0, 0.05) is 50.8 Å². The Hall–Kier alpha value is -4.15. The summed E-state index contributed by atoms with van der Waals surface area (Å²) in [5.41, 5.74) is 5.66. The Kier molecular flexibility index (Phi) is 9.98. The van der Waals surface area contributed by atoms with Crippen molar-refractivity contribution < 1.29 is 32.6 Å². The molecule has 2 atom stereocenters. The molecule has 0 spiro atoms. The van der Waals surface area contributed by atoms with Gasteiger partial charge >= 0.3 is 0 Å². The number of nitrogens with one attached hydrogen (secondary N) is 1. The van der Waals surface area contributed by atoms with Crippen molar-refractivity contribution in [3.63, 3.8) is 0 Å². The van der Waals surface area contributed by atoms with Gasteiger partial charge in [0.1, 0.15) is 0 Å². The Morgan fingerprint density at radius 3 is 2.38 bits per heavy atom. The number of ether oxygens (including phenoxy) is 1. The van der Waals surface area contributed by atoms with Crippen LogP contribution in [0.1, 0.15) is 54.9 Å². The molecule has 0 radical (unpaired) electrons. The number of hydrogen-bond acceptors (Lipinski definition) is 5. The van der Waals surface area contributed by atoms with Gasteiger partial charge in [-0.2, -0.15) is 4.39 Å². The highest BCUT2D eigenvalue weighted by atomic mass is 19.2. The van der Waals surface area contributed by atoms with Crippen molar-refractivity contribution in [2.45, 2.75) is 70.1 Å². The quantitative estimate of drug-likeness (QED) is 0.209. The van der Waals surface area contributed by atoms with E-state index in [-0.39, 0.29) is 43.2 Å². The van der Waals surface area contributed by atoms with Gasteiger partial charge in [-0.15, -0.1) is 0 Å². The minimum atomic E-state index is -1.33. The summed E-state index contributed by atoms with van der Waals surface area (Å²) >= 11 is 0. The largest absolute Gasteiger partial charge is 0.488 e. The molecular formula is C37H40F3N3O4. The molecule has 2 N–H and O–H groups in total. The second-order valence-corrected chi connectivity index (χ2v) is 12.7. The summed E-state index contributed by atoms with van der Waals surface area (Å²) in [6.07, 6.45) is 4.03. The van der Waals surface area contributed by atoms with Gasteiger partial charge in [-0.05, 0) is 78.5 Å². The molecule has 0 aromatic heterocycles. The van der Waals surface area contributed by atoms with Crippen molar-refractivity contribution in [1.29, 1.82) is 0 Å².